The summed E-state index contributed by atoms with van der Waals surface area (Å²) in [5.41, 5.74) is -0.310. The monoisotopic (exact) mass is 300 g/mol. The molecular formula is C15H18Cl2O2. The molecule has 2 nitrogen and oxygen atoms in total. The Balaban J connectivity index is 2.37. The van der Waals surface area contributed by atoms with Gasteiger partial charge in [0.15, 0.2) is 5.78 Å². The summed E-state index contributed by atoms with van der Waals surface area (Å²) in [5, 5.41) is 0.957. The fourth-order valence-electron chi connectivity index (χ4n) is 2.84. The lowest BCUT2D eigenvalue weighted by atomic mass is 9.81. The summed E-state index contributed by atoms with van der Waals surface area (Å²) in [4.78, 5) is 12.7. The van der Waals surface area contributed by atoms with Crippen LogP contribution in [0.25, 0.3) is 0 Å². The van der Waals surface area contributed by atoms with Gasteiger partial charge in [0.2, 0.25) is 0 Å². The molecule has 1 aliphatic rings. The minimum Gasteiger partial charge on any atom is -0.369 e. The summed E-state index contributed by atoms with van der Waals surface area (Å²) in [5.74, 6) is -0.207. The summed E-state index contributed by atoms with van der Waals surface area (Å²) in [6.07, 6.45) is 0.682. The highest BCUT2D eigenvalue weighted by atomic mass is 35.5. The maximum Gasteiger partial charge on any atom is 0.170 e. The van der Waals surface area contributed by atoms with E-state index in [-0.39, 0.29) is 17.3 Å². The number of carbonyl (C=O) groups excluding carboxylic acids is 1. The van der Waals surface area contributed by atoms with E-state index in [1.165, 1.54) is 0 Å². The van der Waals surface area contributed by atoms with Crippen LogP contribution in [0.1, 0.15) is 44.5 Å². The zero-order valence-electron chi connectivity index (χ0n) is 11.6. The van der Waals surface area contributed by atoms with Crippen LogP contribution in [0.4, 0.5) is 0 Å². The van der Waals surface area contributed by atoms with Gasteiger partial charge >= 0.3 is 0 Å². The Bertz CT molecular complexity index is 521. The number of ketones is 1. The molecule has 0 N–H and O–H groups in total. The summed E-state index contributed by atoms with van der Waals surface area (Å²) < 4.78 is 5.96. The number of hydrogen-bond donors (Lipinski definition) is 0. The molecule has 0 saturated carbocycles. The molecule has 1 fully saturated rings. The van der Waals surface area contributed by atoms with E-state index in [0.717, 1.165) is 0 Å². The van der Waals surface area contributed by atoms with E-state index in [0.29, 0.717) is 22.0 Å². The average molecular weight is 301 g/mol. The third kappa shape index (κ3) is 2.96. The highest BCUT2D eigenvalue weighted by Gasteiger charge is 2.49. The van der Waals surface area contributed by atoms with Crippen LogP contribution in [0, 0.1) is 5.92 Å². The van der Waals surface area contributed by atoms with Gasteiger partial charge < -0.3 is 4.74 Å². The van der Waals surface area contributed by atoms with Crippen LogP contribution < -0.4 is 0 Å². The van der Waals surface area contributed by atoms with Crippen molar-refractivity contribution in [2.45, 2.75) is 45.3 Å². The third-order valence-corrected chi connectivity index (χ3v) is 4.15. The van der Waals surface area contributed by atoms with E-state index in [9.17, 15) is 4.79 Å². The minimum atomic E-state index is -0.494. The Morgan fingerprint density at radius 2 is 1.89 bits per heavy atom. The first-order valence-electron chi connectivity index (χ1n) is 6.32. The smallest absolute Gasteiger partial charge is 0.170 e. The molecule has 1 saturated heterocycles. The second-order valence-electron chi connectivity index (χ2n) is 6.21. The van der Waals surface area contributed by atoms with E-state index in [1.807, 2.05) is 27.7 Å². The van der Waals surface area contributed by atoms with Crippen molar-refractivity contribution in [1.82, 2.24) is 0 Å². The van der Waals surface area contributed by atoms with Gasteiger partial charge in [-0.25, -0.2) is 0 Å². The van der Waals surface area contributed by atoms with E-state index in [1.54, 1.807) is 18.2 Å². The predicted octanol–water partition coefficient (Wildman–Crippen LogP) is 4.77. The van der Waals surface area contributed by atoms with Crippen molar-refractivity contribution in [2.24, 2.45) is 5.92 Å². The number of hydrogen-bond acceptors (Lipinski definition) is 2. The predicted molar refractivity (Wildman–Crippen MR) is 78.1 cm³/mol. The molecule has 2 rings (SSSR count). The average Bonchev–Trinajstić information content (AvgIpc) is 2.49. The van der Waals surface area contributed by atoms with Gasteiger partial charge in [0.25, 0.3) is 0 Å². The van der Waals surface area contributed by atoms with Gasteiger partial charge in [-0.15, -0.1) is 0 Å². The molecule has 104 valence electrons. The molecule has 1 atom stereocenters. The van der Waals surface area contributed by atoms with Crippen molar-refractivity contribution in [3.05, 3.63) is 33.8 Å². The van der Waals surface area contributed by atoms with Crippen LogP contribution in [-0.2, 0) is 4.74 Å². The summed E-state index contributed by atoms with van der Waals surface area (Å²) in [7, 11) is 0. The van der Waals surface area contributed by atoms with Crippen LogP contribution in [0.15, 0.2) is 18.2 Å². The first-order chi connectivity index (χ1) is 8.62. The number of halogens is 2. The van der Waals surface area contributed by atoms with Crippen molar-refractivity contribution in [2.75, 3.05) is 0 Å². The molecule has 0 amide bonds. The fraction of sp³-hybridized carbons (Fsp3) is 0.533. The molecule has 19 heavy (non-hydrogen) atoms. The van der Waals surface area contributed by atoms with E-state index in [2.05, 4.69) is 0 Å². The zero-order valence-corrected chi connectivity index (χ0v) is 13.1. The molecule has 0 bridgehead atoms. The highest BCUT2D eigenvalue weighted by Crippen LogP contribution is 2.44. The summed E-state index contributed by atoms with van der Waals surface area (Å²) >= 11 is 12.1. The Morgan fingerprint density at radius 3 is 2.42 bits per heavy atom. The minimum absolute atomic E-state index is 0.00285. The van der Waals surface area contributed by atoms with Crippen LogP contribution >= 0.6 is 23.2 Å². The van der Waals surface area contributed by atoms with Gasteiger partial charge in [-0.3, -0.25) is 4.79 Å². The van der Waals surface area contributed by atoms with Gasteiger partial charge in [-0.05, 0) is 52.3 Å². The largest absolute Gasteiger partial charge is 0.369 e. The molecule has 0 aliphatic carbocycles. The van der Waals surface area contributed by atoms with E-state index >= 15 is 0 Å². The number of rotatable bonds is 2. The topological polar surface area (TPSA) is 26.3 Å². The molecule has 0 spiro atoms. The number of ether oxygens (including phenoxy) is 1. The maximum absolute atomic E-state index is 12.7. The van der Waals surface area contributed by atoms with Gasteiger partial charge in [0, 0.05) is 10.6 Å². The lowest BCUT2D eigenvalue weighted by Gasteiger charge is -2.26. The molecule has 1 aliphatic heterocycles. The molecule has 0 aromatic heterocycles. The second-order valence-corrected chi connectivity index (χ2v) is 7.05. The quantitative estimate of drug-likeness (QED) is 0.735. The van der Waals surface area contributed by atoms with Gasteiger partial charge in [0.05, 0.1) is 22.1 Å². The molecule has 1 aromatic rings. The molecule has 4 heteroatoms. The number of benzene rings is 1. The van der Waals surface area contributed by atoms with Gasteiger partial charge in [-0.1, -0.05) is 23.2 Å². The summed E-state index contributed by atoms with van der Waals surface area (Å²) in [6.45, 7) is 7.90. The first kappa shape index (κ1) is 14.8. The van der Waals surface area contributed by atoms with Gasteiger partial charge in [-0.2, -0.15) is 0 Å². The lowest BCUT2D eigenvalue weighted by molar-refractivity contribution is -0.0712. The van der Waals surface area contributed by atoms with Crippen molar-refractivity contribution in [3.63, 3.8) is 0 Å². The lowest BCUT2D eigenvalue weighted by Crippen LogP contribution is -2.34. The van der Waals surface area contributed by atoms with Crippen molar-refractivity contribution in [3.8, 4) is 0 Å². The third-order valence-electron chi connectivity index (χ3n) is 3.58. The maximum atomic E-state index is 12.7. The Hall–Kier alpha value is -0.570. The van der Waals surface area contributed by atoms with Crippen molar-refractivity contribution >= 4 is 29.0 Å². The van der Waals surface area contributed by atoms with E-state index in [4.69, 9.17) is 27.9 Å². The van der Waals surface area contributed by atoms with Crippen LogP contribution in [0.3, 0.4) is 0 Å². The van der Waals surface area contributed by atoms with Crippen molar-refractivity contribution < 1.29 is 9.53 Å². The normalized spacial score (nSPS) is 24.4. The van der Waals surface area contributed by atoms with Crippen LogP contribution in [-0.4, -0.2) is 17.0 Å². The van der Waals surface area contributed by atoms with Crippen LogP contribution in [0.2, 0.25) is 10.0 Å². The Kier molecular flexibility index (Phi) is 3.72. The molecule has 1 heterocycles. The SMILES string of the molecule is CC1(C)CC(C(=O)c2cc(Cl)ccc2Cl)C(C)(C)O1. The molecular weight excluding hydrogens is 283 g/mol. The molecule has 1 unspecified atom stereocenters. The van der Waals surface area contributed by atoms with E-state index < -0.39 is 5.60 Å². The van der Waals surface area contributed by atoms with Crippen molar-refractivity contribution in [1.29, 1.82) is 0 Å². The number of Topliss-reactive ketones (excluding diaryl/α,β-unsaturated/α-hetero) is 1. The molecule has 1 aromatic carbocycles. The Morgan fingerprint density at radius 1 is 1.26 bits per heavy atom. The standard InChI is InChI=1S/C15H18Cl2O2/c1-14(2)8-11(15(3,4)19-14)13(18)10-7-9(16)5-6-12(10)17/h5-7,11H,8H2,1-4H3. The molecule has 0 radical (unpaired) electrons. The fourth-order valence-corrected chi connectivity index (χ4v) is 3.23. The highest BCUT2D eigenvalue weighted by molar-refractivity contribution is 6.36. The van der Waals surface area contributed by atoms with Gasteiger partial charge in [0.1, 0.15) is 0 Å². The first-order valence-corrected chi connectivity index (χ1v) is 7.07. The number of carbonyl (C=O) groups is 1. The Labute approximate surface area is 124 Å². The van der Waals surface area contributed by atoms with Crippen LogP contribution in [0.5, 0.6) is 0 Å². The summed E-state index contributed by atoms with van der Waals surface area (Å²) in [6, 6.07) is 4.97. The zero-order chi connectivity index (χ0) is 14.4. The second kappa shape index (κ2) is 4.76.